The van der Waals surface area contributed by atoms with Crippen molar-refractivity contribution < 1.29 is 9.47 Å². The van der Waals surface area contributed by atoms with Crippen LogP contribution < -0.4 is 10.1 Å². The van der Waals surface area contributed by atoms with Crippen molar-refractivity contribution in [1.29, 1.82) is 0 Å². The van der Waals surface area contributed by atoms with Crippen molar-refractivity contribution in [3.8, 4) is 5.75 Å². The molecular formula is C13H18BrNO2. The summed E-state index contributed by atoms with van der Waals surface area (Å²) in [7, 11) is 1.69. The third kappa shape index (κ3) is 3.69. The minimum absolute atomic E-state index is 0.474. The topological polar surface area (TPSA) is 30.5 Å². The molecular weight excluding hydrogens is 282 g/mol. The fourth-order valence-corrected chi connectivity index (χ4v) is 2.36. The Kier molecular flexibility index (Phi) is 4.83. The number of halogens is 1. The van der Waals surface area contributed by atoms with E-state index in [1.807, 2.05) is 12.1 Å². The molecule has 0 amide bonds. The Morgan fingerprint density at radius 3 is 3.12 bits per heavy atom. The monoisotopic (exact) mass is 299 g/mol. The van der Waals surface area contributed by atoms with Crippen molar-refractivity contribution in [3.63, 3.8) is 0 Å². The molecule has 0 spiro atoms. The summed E-state index contributed by atoms with van der Waals surface area (Å²) in [5, 5.41) is 3.52. The van der Waals surface area contributed by atoms with Gasteiger partial charge in [0, 0.05) is 23.7 Å². The van der Waals surface area contributed by atoms with Gasteiger partial charge in [0.1, 0.15) is 5.75 Å². The molecule has 1 aromatic carbocycles. The number of nitrogens with one attached hydrogen (secondary N) is 1. The van der Waals surface area contributed by atoms with Crippen molar-refractivity contribution in [2.75, 3.05) is 20.3 Å². The summed E-state index contributed by atoms with van der Waals surface area (Å²) >= 11 is 3.56. The molecule has 0 bridgehead atoms. The van der Waals surface area contributed by atoms with Crippen molar-refractivity contribution in [1.82, 2.24) is 5.32 Å². The van der Waals surface area contributed by atoms with Crippen molar-refractivity contribution in [3.05, 3.63) is 28.2 Å². The van der Waals surface area contributed by atoms with E-state index in [1.165, 1.54) is 12.0 Å². The fourth-order valence-electron chi connectivity index (χ4n) is 1.97. The third-order valence-electron chi connectivity index (χ3n) is 2.99. The predicted molar refractivity (Wildman–Crippen MR) is 71.4 cm³/mol. The van der Waals surface area contributed by atoms with Crippen LogP contribution in [0, 0.1) is 0 Å². The Balaban J connectivity index is 1.92. The highest BCUT2D eigenvalue weighted by Gasteiger charge is 2.13. The molecule has 2 rings (SSSR count). The zero-order valence-corrected chi connectivity index (χ0v) is 11.6. The molecule has 1 saturated heterocycles. The van der Waals surface area contributed by atoms with E-state index in [9.17, 15) is 0 Å². The molecule has 1 N–H and O–H groups in total. The average Bonchev–Trinajstić information content (AvgIpc) is 2.39. The average molecular weight is 300 g/mol. The molecule has 0 saturated carbocycles. The first kappa shape index (κ1) is 12.9. The quantitative estimate of drug-likeness (QED) is 0.927. The molecule has 4 heteroatoms. The second-order valence-corrected chi connectivity index (χ2v) is 5.11. The van der Waals surface area contributed by atoms with E-state index >= 15 is 0 Å². The van der Waals surface area contributed by atoms with Crippen LogP contribution in [0.5, 0.6) is 5.75 Å². The number of hydrogen-bond acceptors (Lipinski definition) is 3. The van der Waals surface area contributed by atoms with E-state index in [1.54, 1.807) is 7.11 Å². The van der Waals surface area contributed by atoms with Gasteiger partial charge in [-0.1, -0.05) is 15.9 Å². The maximum atomic E-state index is 5.45. The first-order valence-corrected chi connectivity index (χ1v) is 6.72. The minimum atomic E-state index is 0.474. The lowest BCUT2D eigenvalue weighted by atomic mass is 10.1. The number of benzene rings is 1. The standard InChI is InChI=1S/C13H18BrNO2/c1-16-12-4-5-13(14)10(7-12)8-15-11-3-2-6-17-9-11/h4-5,7,11,15H,2-3,6,8-9H2,1H3/t11-/m0/s1. The summed E-state index contributed by atoms with van der Waals surface area (Å²) in [4.78, 5) is 0. The van der Waals surface area contributed by atoms with E-state index in [4.69, 9.17) is 9.47 Å². The smallest absolute Gasteiger partial charge is 0.119 e. The van der Waals surface area contributed by atoms with Gasteiger partial charge in [0.25, 0.3) is 0 Å². The lowest BCUT2D eigenvalue weighted by molar-refractivity contribution is 0.0699. The van der Waals surface area contributed by atoms with Crippen LogP contribution in [0.1, 0.15) is 18.4 Å². The van der Waals surface area contributed by atoms with E-state index in [0.717, 1.165) is 36.4 Å². The second kappa shape index (κ2) is 6.38. The van der Waals surface area contributed by atoms with Gasteiger partial charge in [0.2, 0.25) is 0 Å². The maximum absolute atomic E-state index is 5.45. The predicted octanol–water partition coefficient (Wildman–Crippen LogP) is 2.73. The molecule has 94 valence electrons. The van der Waals surface area contributed by atoms with Gasteiger partial charge in [-0.2, -0.15) is 0 Å². The number of rotatable bonds is 4. The molecule has 1 aromatic rings. The Labute approximate surface area is 111 Å². The van der Waals surface area contributed by atoms with E-state index in [-0.39, 0.29) is 0 Å². The van der Waals surface area contributed by atoms with Crippen molar-refractivity contribution in [2.45, 2.75) is 25.4 Å². The van der Waals surface area contributed by atoms with Gasteiger partial charge in [-0.15, -0.1) is 0 Å². The van der Waals surface area contributed by atoms with Crippen LogP contribution in [0.15, 0.2) is 22.7 Å². The minimum Gasteiger partial charge on any atom is -0.497 e. The summed E-state index contributed by atoms with van der Waals surface area (Å²) in [6.45, 7) is 2.56. The molecule has 1 atom stereocenters. The van der Waals surface area contributed by atoms with Gasteiger partial charge in [0.15, 0.2) is 0 Å². The van der Waals surface area contributed by atoms with Gasteiger partial charge in [-0.25, -0.2) is 0 Å². The summed E-state index contributed by atoms with van der Waals surface area (Å²) in [6, 6.07) is 6.51. The molecule has 1 aliphatic rings. The summed E-state index contributed by atoms with van der Waals surface area (Å²) in [6.07, 6.45) is 2.35. The Hall–Kier alpha value is -0.580. The zero-order valence-electron chi connectivity index (χ0n) is 10.0. The van der Waals surface area contributed by atoms with Crippen molar-refractivity contribution >= 4 is 15.9 Å². The number of hydrogen-bond donors (Lipinski definition) is 1. The highest BCUT2D eigenvalue weighted by atomic mass is 79.9. The van der Waals surface area contributed by atoms with Gasteiger partial charge >= 0.3 is 0 Å². The van der Waals surface area contributed by atoms with Crippen LogP contribution >= 0.6 is 15.9 Å². The van der Waals surface area contributed by atoms with E-state index in [0.29, 0.717) is 6.04 Å². The molecule has 0 unspecified atom stereocenters. The van der Waals surface area contributed by atoms with Crippen LogP contribution in [0.4, 0.5) is 0 Å². The van der Waals surface area contributed by atoms with Gasteiger partial charge in [-0.3, -0.25) is 0 Å². The molecule has 0 radical (unpaired) electrons. The second-order valence-electron chi connectivity index (χ2n) is 4.25. The molecule has 17 heavy (non-hydrogen) atoms. The largest absolute Gasteiger partial charge is 0.497 e. The summed E-state index contributed by atoms with van der Waals surface area (Å²) in [5.74, 6) is 0.893. The molecule has 3 nitrogen and oxygen atoms in total. The lowest BCUT2D eigenvalue weighted by Gasteiger charge is -2.23. The Morgan fingerprint density at radius 2 is 2.41 bits per heavy atom. The maximum Gasteiger partial charge on any atom is 0.119 e. The summed E-state index contributed by atoms with van der Waals surface area (Å²) < 4.78 is 11.8. The van der Waals surface area contributed by atoms with Crippen LogP contribution in [-0.2, 0) is 11.3 Å². The SMILES string of the molecule is COc1ccc(Br)c(CN[C@H]2CCCOC2)c1. The summed E-state index contributed by atoms with van der Waals surface area (Å²) in [5.41, 5.74) is 1.22. The van der Waals surface area contributed by atoms with E-state index < -0.39 is 0 Å². The van der Waals surface area contributed by atoms with Crippen LogP contribution in [0.2, 0.25) is 0 Å². The van der Waals surface area contributed by atoms with Crippen LogP contribution in [0.3, 0.4) is 0 Å². The normalized spacial score (nSPS) is 20.2. The fraction of sp³-hybridized carbons (Fsp3) is 0.538. The highest BCUT2D eigenvalue weighted by molar-refractivity contribution is 9.10. The van der Waals surface area contributed by atoms with Gasteiger partial charge in [0.05, 0.1) is 13.7 Å². The molecule has 1 heterocycles. The Bertz CT molecular complexity index is 364. The molecule has 1 fully saturated rings. The van der Waals surface area contributed by atoms with E-state index in [2.05, 4.69) is 27.3 Å². The van der Waals surface area contributed by atoms with Gasteiger partial charge in [-0.05, 0) is 36.6 Å². The third-order valence-corrected chi connectivity index (χ3v) is 3.77. The first-order chi connectivity index (χ1) is 8.29. The van der Waals surface area contributed by atoms with Crippen molar-refractivity contribution in [2.24, 2.45) is 0 Å². The highest BCUT2D eigenvalue weighted by Crippen LogP contribution is 2.22. The van der Waals surface area contributed by atoms with Crippen LogP contribution in [0.25, 0.3) is 0 Å². The molecule has 0 aliphatic carbocycles. The van der Waals surface area contributed by atoms with Crippen LogP contribution in [-0.4, -0.2) is 26.4 Å². The number of ether oxygens (including phenoxy) is 2. The lowest BCUT2D eigenvalue weighted by Crippen LogP contribution is -2.36. The Morgan fingerprint density at radius 1 is 1.53 bits per heavy atom. The number of methoxy groups -OCH3 is 1. The van der Waals surface area contributed by atoms with Gasteiger partial charge < -0.3 is 14.8 Å². The first-order valence-electron chi connectivity index (χ1n) is 5.93. The molecule has 0 aromatic heterocycles. The molecule has 1 aliphatic heterocycles. The zero-order chi connectivity index (χ0) is 12.1.